The minimum Gasteiger partial charge on any atom is -0.364 e. The highest BCUT2D eigenvalue weighted by Gasteiger charge is 2.39. The molecule has 4 heteroatoms. The van der Waals surface area contributed by atoms with Gasteiger partial charge >= 0.3 is 8.80 Å². The second-order valence-corrected chi connectivity index (χ2v) is 7.26. The molecule has 0 aromatic carbocycles. The molecule has 0 saturated heterocycles. The Morgan fingerprint density at radius 1 is 0.667 bits per heavy atom. The van der Waals surface area contributed by atoms with Crippen LogP contribution in [0.15, 0.2) is 0 Å². The maximum absolute atomic E-state index is 5.70. The Labute approximate surface area is 133 Å². The second-order valence-electron chi connectivity index (χ2n) is 5.03. The fourth-order valence-electron chi connectivity index (χ4n) is 2.14. The van der Waals surface area contributed by atoms with E-state index >= 15 is 0 Å². The van der Waals surface area contributed by atoms with Gasteiger partial charge < -0.3 is 13.3 Å². The molecule has 0 unspecified atom stereocenters. The van der Waals surface area contributed by atoms with Crippen LogP contribution in [0.5, 0.6) is 0 Å². The van der Waals surface area contributed by atoms with Crippen LogP contribution in [0.3, 0.4) is 0 Å². The maximum Gasteiger partial charge on any atom is 0.591 e. The predicted octanol–water partition coefficient (Wildman–Crippen LogP) is 4.72. The Morgan fingerprint density at radius 3 is 1.62 bits per heavy atom. The molecule has 0 atom stereocenters. The second kappa shape index (κ2) is 14.6. The summed E-state index contributed by atoms with van der Waals surface area (Å²) < 4.78 is 17.1. The Hall–Kier alpha value is -0.343. The highest BCUT2D eigenvalue weighted by Crippen LogP contribution is 2.10. The zero-order valence-corrected chi connectivity index (χ0v) is 15.5. The monoisotopic (exact) mass is 314 g/mol. The van der Waals surface area contributed by atoms with E-state index in [9.17, 15) is 0 Å². The summed E-state index contributed by atoms with van der Waals surface area (Å²) in [6, 6.07) is 0. The van der Waals surface area contributed by atoms with E-state index in [1.165, 1.54) is 38.5 Å². The van der Waals surface area contributed by atoms with E-state index in [-0.39, 0.29) is 0 Å². The lowest BCUT2D eigenvalue weighted by Crippen LogP contribution is -2.45. The minimum atomic E-state index is -2.74. The van der Waals surface area contributed by atoms with E-state index in [0.29, 0.717) is 19.8 Å². The van der Waals surface area contributed by atoms with Gasteiger partial charge in [-0.15, -0.1) is 5.92 Å². The predicted molar refractivity (Wildman–Crippen MR) is 91.0 cm³/mol. The molecule has 0 aromatic rings. The van der Waals surface area contributed by atoms with Crippen molar-refractivity contribution in [1.82, 2.24) is 0 Å². The molecule has 0 amide bonds. The first kappa shape index (κ1) is 20.7. The summed E-state index contributed by atoms with van der Waals surface area (Å²) >= 11 is 0. The van der Waals surface area contributed by atoms with Crippen molar-refractivity contribution in [2.75, 3.05) is 19.8 Å². The van der Waals surface area contributed by atoms with E-state index < -0.39 is 8.80 Å². The third-order valence-electron chi connectivity index (χ3n) is 3.15. The van der Waals surface area contributed by atoms with Gasteiger partial charge in [-0.2, -0.15) is 0 Å². The lowest BCUT2D eigenvalue weighted by molar-refractivity contribution is 0.0870. The Morgan fingerprint density at radius 2 is 1.14 bits per heavy atom. The molecule has 0 N–H and O–H groups in total. The summed E-state index contributed by atoms with van der Waals surface area (Å²) in [6.07, 6.45) is 10.1. The normalized spacial score (nSPS) is 11.2. The molecule has 0 rings (SSSR count). The molecule has 0 aliphatic heterocycles. The summed E-state index contributed by atoms with van der Waals surface area (Å²) in [4.78, 5) is 0. The number of unbranched alkanes of at least 4 members (excludes halogenated alkanes) is 7. The van der Waals surface area contributed by atoms with Gasteiger partial charge in [0.1, 0.15) is 0 Å². The lowest BCUT2D eigenvalue weighted by Gasteiger charge is -2.22. The van der Waals surface area contributed by atoms with Crippen LogP contribution in [0.4, 0.5) is 0 Å². The number of hydrogen-bond acceptors (Lipinski definition) is 3. The molecule has 0 fully saturated rings. The van der Waals surface area contributed by atoms with Crippen molar-refractivity contribution in [3.05, 3.63) is 0 Å². The van der Waals surface area contributed by atoms with Crippen LogP contribution in [-0.2, 0) is 13.3 Å². The summed E-state index contributed by atoms with van der Waals surface area (Å²) in [5.74, 6) is 3.22. The highest BCUT2D eigenvalue weighted by atomic mass is 28.4. The van der Waals surface area contributed by atoms with E-state index in [0.717, 1.165) is 12.8 Å². The Balaban J connectivity index is 4.04. The van der Waals surface area contributed by atoms with E-state index in [4.69, 9.17) is 13.3 Å². The largest absolute Gasteiger partial charge is 0.591 e. The van der Waals surface area contributed by atoms with Crippen molar-refractivity contribution in [3.8, 4) is 11.5 Å². The zero-order valence-electron chi connectivity index (χ0n) is 14.5. The molecule has 0 heterocycles. The molecule has 0 radical (unpaired) electrons. The van der Waals surface area contributed by atoms with Gasteiger partial charge in [0.15, 0.2) is 0 Å². The van der Waals surface area contributed by atoms with Gasteiger partial charge in [-0.25, -0.2) is 0 Å². The number of hydrogen-bond donors (Lipinski definition) is 0. The molecule has 0 spiro atoms. The van der Waals surface area contributed by atoms with E-state index in [1.54, 1.807) is 0 Å². The Bertz CT molecular complexity index is 266. The fourth-order valence-corrected chi connectivity index (χ4v) is 4.09. The summed E-state index contributed by atoms with van der Waals surface area (Å²) in [7, 11) is -2.74. The quantitative estimate of drug-likeness (QED) is 0.280. The van der Waals surface area contributed by atoms with Crippen LogP contribution in [0.2, 0.25) is 0 Å². The Kier molecular flexibility index (Phi) is 14.3. The van der Waals surface area contributed by atoms with Gasteiger partial charge in [0, 0.05) is 26.2 Å². The molecule has 0 aliphatic rings. The highest BCUT2D eigenvalue weighted by molar-refractivity contribution is 6.69. The molecule has 0 aliphatic carbocycles. The number of rotatable bonds is 13. The van der Waals surface area contributed by atoms with Crippen LogP contribution in [-0.4, -0.2) is 28.6 Å². The van der Waals surface area contributed by atoms with Crippen LogP contribution in [0.25, 0.3) is 0 Å². The molecule has 0 bridgehead atoms. The van der Waals surface area contributed by atoms with Crippen molar-refractivity contribution in [3.63, 3.8) is 0 Å². The first-order valence-electron chi connectivity index (χ1n) is 8.66. The van der Waals surface area contributed by atoms with Crippen molar-refractivity contribution in [2.45, 2.75) is 79.1 Å². The first-order chi connectivity index (χ1) is 10.2. The topological polar surface area (TPSA) is 27.7 Å². The van der Waals surface area contributed by atoms with Crippen molar-refractivity contribution < 1.29 is 13.3 Å². The van der Waals surface area contributed by atoms with Crippen LogP contribution in [0, 0.1) is 11.5 Å². The van der Waals surface area contributed by atoms with Crippen molar-refractivity contribution in [2.24, 2.45) is 0 Å². The molecule has 3 nitrogen and oxygen atoms in total. The SMILES string of the molecule is CCCCCCCCCC#C[Si](OCC)(OCC)OCC. The lowest BCUT2D eigenvalue weighted by atomic mass is 10.1. The first-order valence-corrected chi connectivity index (χ1v) is 10.4. The third kappa shape index (κ3) is 11.0. The fraction of sp³-hybridized carbons (Fsp3) is 0.882. The smallest absolute Gasteiger partial charge is 0.364 e. The van der Waals surface area contributed by atoms with Crippen LogP contribution in [0.1, 0.15) is 79.1 Å². The third-order valence-corrected chi connectivity index (χ3v) is 5.64. The van der Waals surface area contributed by atoms with E-state index in [2.05, 4.69) is 18.4 Å². The average Bonchev–Trinajstić information content (AvgIpc) is 2.46. The van der Waals surface area contributed by atoms with Crippen molar-refractivity contribution in [1.29, 1.82) is 0 Å². The van der Waals surface area contributed by atoms with Gasteiger partial charge in [0.25, 0.3) is 0 Å². The molecular weight excluding hydrogens is 280 g/mol. The van der Waals surface area contributed by atoms with Gasteiger partial charge in [0.05, 0.1) is 0 Å². The van der Waals surface area contributed by atoms with E-state index in [1.807, 2.05) is 20.8 Å². The summed E-state index contributed by atoms with van der Waals surface area (Å²) in [6.45, 7) is 9.86. The van der Waals surface area contributed by atoms with Crippen LogP contribution < -0.4 is 0 Å². The standard InChI is InChI=1S/C17H34O3Si/c1-5-9-10-11-12-13-14-15-16-17-21(18-6-2,19-7-3)20-8-4/h5-15H2,1-4H3. The zero-order chi connectivity index (χ0) is 15.8. The molecule has 0 saturated carbocycles. The molecule has 124 valence electrons. The van der Waals surface area contributed by atoms with Crippen LogP contribution >= 0.6 is 0 Å². The summed E-state index contributed by atoms with van der Waals surface area (Å²) in [5.41, 5.74) is 3.17. The molecular formula is C17H34O3Si. The molecule has 0 aromatic heterocycles. The minimum absolute atomic E-state index is 0.582. The molecule has 21 heavy (non-hydrogen) atoms. The van der Waals surface area contributed by atoms with Gasteiger partial charge in [0.2, 0.25) is 0 Å². The van der Waals surface area contributed by atoms with Gasteiger partial charge in [-0.1, -0.05) is 45.4 Å². The van der Waals surface area contributed by atoms with Crippen molar-refractivity contribution >= 4 is 8.80 Å². The summed E-state index contributed by atoms with van der Waals surface area (Å²) in [5, 5.41) is 0. The van der Waals surface area contributed by atoms with Gasteiger partial charge in [-0.3, -0.25) is 0 Å². The van der Waals surface area contributed by atoms with Gasteiger partial charge in [-0.05, 0) is 32.7 Å². The maximum atomic E-state index is 5.70. The average molecular weight is 315 g/mol.